The second-order valence-corrected chi connectivity index (χ2v) is 9.33. The fourth-order valence-corrected chi connectivity index (χ4v) is 5.11. The number of aliphatic hydroxyl groups excluding tert-OH is 2. The Labute approximate surface area is 186 Å². The van der Waals surface area contributed by atoms with E-state index in [1.54, 1.807) is 11.8 Å². The van der Waals surface area contributed by atoms with E-state index in [1.807, 2.05) is 42.5 Å². The number of nitrogens with zero attached hydrogens (tertiary/aromatic N) is 1. The second kappa shape index (κ2) is 9.68. The number of nitrogens with one attached hydrogen (secondary N) is 1. The lowest BCUT2D eigenvalue weighted by Gasteiger charge is -2.23. The minimum absolute atomic E-state index is 0.177. The molecule has 0 radical (unpaired) electrons. The highest BCUT2D eigenvalue weighted by atomic mass is 32.2. The van der Waals surface area contributed by atoms with Crippen LogP contribution in [0.15, 0.2) is 65.6 Å². The molecule has 0 saturated carbocycles. The van der Waals surface area contributed by atoms with Gasteiger partial charge in [0.05, 0.1) is 0 Å². The number of hydrogen-bond donors (Lipinski definition) is 3. The molecule has 0 spiro atoms. The third-order valence-electron chi connectivity index (χ3n) is 5.62. The molecule has 0 fully saturated rings. The summed E-state index contributed by atoms with van der Waals surface area (Å²) < 4.78 is 0. The Bertz CT molecular complexity index is 954. The molecule has 2 aliphatic rings. The largest absolute Gasteiger partial charge is 0.380 e. The van der Waals surface area contributed by atoms with E-state index in [2.05, 4.69) is 23.5 Å². The van der Waals surface area contributed by atoms with E-state index in [0.717, 1.165) is 24.0 Å². The minimum atomic E-state index is -1.79. The van der Waals surface area contributed by atoms with Crippen LogP contribution in [0.1, 0.15) is 23.1 Å². The van der Waals surface area contributed by atoms with Gasteiger partial charge in [-0.1, -0.05) is 60.7 Å². The van der Waals surface area contributed by atoms with Crippen LogP contribution >= 0.6 is 11.8 Å². The van der Waals surface area contributed by atoms with E-state index >= 15 is 0 Å². The van der Waals surface area contributed by atoms with Crippen LogP contribution in [0, 0.1) is 0 Å². The van der Waals surface area contributed by atoms with E-state index in [-0.39, 0.29) is 5.25 Å². The molecule has 0 bridgehead atoms. The van der Waals surface area contributed by atoms with Gasteiger partial charge in [-0.05, 0) is 28.0 Å². The van der Waals surface area contributed by atoms with Crippen LogP contribution < -0.4 is 5.32 Å². The number of thioether (sulfide) groups is 1. The van der Waals surface area contributed by atoms with Crippen molar-refractivity contribution in [2.45, 2.75) is 43.4 Å². The summed E-state index contributed by atoms with van der Waals surface area (Å²) in [7, 11) is 0. The maximum absolute atomic E-state index is 12.6. The molecule has 2 aliphatic heterocycles. The number of aliphatic hydroxyl groups is 2. The van der Waals surface area contributed by atoms with Gasteiger partial charge in [0.25, 0.3) is 11.8 Å². The van der Waals surface area contributed by atoms with Crippen molar-refractivity contribution in [2.24, 2.45) is 0 Å². The molecule has 162 valence electrons. The summed E-state index contributed by atoms with van der Waals surface area (Å²) in [5.74, 6) is -1.37. The van der Waals surface area contributed by atoms with Crippen molar-refractivity contribution in [3.8, 4) is 0 Å². The molecule has 7 heteroatoms. The average Bonchev–Trinajstić information content (AvgIpc) is 3.43. The predicted molar refractivity (Wildman–Crippen MR) is 120 cm³/mol. The lowest BCUT2D eigenvalue weighted by molar-refractivity contribution is -0.153. The maximum atomic E-state index is 12.6. The molecule has 6 nitrogen and oxygen atoms in total. The number of rotatable bonds is 7. The third kappa shape index (κ3) is 5.18. The standard InChI is InChI=1S/C24H26N2O4S/c27-21(22(28)24(30)26-14-17-8-4-5-9-18(17)15-26)23(29)25-13-20-11-10-19(31-20)12-16-6-2-1-3-7-16/h1-10,20-22,27-28H,11-15H2,(H,25,29)/t20?,21-,22-/m1/s1. The summed E-state index contributed by atoms with van der Waals surface area (Å²) in [6.07, 6.45) is 0.298. The summed E-state index contributed by atoms with van der Waals surface area (Å²) >= 11 is 1.71. The topological polar surface area (TPSA) is 89.9 Å². The Morgan fingerprint density at radius 3 is 2.32 bits per heavy atom. The second-order valence-electron chi connectivity index (χ2n) is 7.91. The zero-order chi connectivity index (χ0) is 21.8. The van der Waals surface area contributed by atoms with E-state index in [0.29, 0.717) is 19.6 Å². The average molecular weight is 439 g/mol. The van der Waals surface area contributed by atoms with E-state index in [1.165, 1.54) is 15.4 Å². The van der Waals surface area contributed by atoms with Crippen LogP contribution in [-0.4, -0.2) is 50.9 Å². The highest BCUT2D eigenvalue weighted by Crippen LogP contribution is 2.34. The van der Waals surface area contributed by atoms with E-state index in [4.69, 9.17) is 0 Å². The molecule has 1 unspecified atom stereocenters. The quantitative estimate of drug-likeness (QED) is 0.615. The highest BCUT2D eigenvalue weighted by molar-refractivity contribution is 8.03. The minimum Gasteiger partial charge on any atom is -0.380 e. The lowest BCUT2D eigenvalue weighted by atomic mass is 10.1. The van der Waals surface area contributed by atoms with Gasteiger partial charge >= 0.3 is 0 Å². The molecule has 3 N–H and O–H groups in total. The molecule has 31 heavy (non-hydrogen) atoms. The van der Waals surface area contributed by atoms with Gasteiger partial charge in [-0.2, -0.15) is 0 Å². The van der Waals surface area contributed by atoms with E-state index in [9.17, 15) is 19.8 Å². The molecule has 2 aromatic carbocycles. The summed E-state index contributed by atoms with van der Waals surface area (Å²) in [5.41, 5.74) is 3.27. The zero-order valence-electron chi connectivity index (χ0n) is 17.1. The van der Waals surface area contributed by atoms with Gasteiger partial charge in [-0.3, -0.25) is 9.59 Å². The van der Waals surface area contributed by atoms with Crippen LogP contribution in [0.5, 0.6) is 0 Å². The van der Waals surface area contributed by atoms with Crippen molar-refractivity contribution < 1.29 is 19.8 Å². The third-order valence-corrected chi connectivity index (χ3v) is 6.93. The van der Waals surface area contributed by atoms with Crippen LogP contribution in [0.2, 0.25) is 0 Å². The van der Waals surface area contributed by atoms with Gasteiger partial charge in [0.1, 0.15) is 0 Å². The Hall–Kier alpha value is -2.61. The van der Waals surface area contributed by atoms with E-state index < -0.39 is 24.0 Å². The normalized spacial score (nSPS) is 19.5. The van der Waals surface area contributed by atoms with Gasteiger partial charge in [-0.25, -0.2) is 0 Å². The molecule has 0 aliphatic carbocycles. The first-order valence-corrected chi connectivity index (χ1v) is 11.3. The van der Waals surface area contributed by atoms with Gasteiger partial charge in [0.2, 0.25) is 0 Å². The van der Waals surface area contributed by atoms with Crippen LogP contribution in [-0.2, 0) is 29.1 Å². The molecule has 0 saturated heterocycles. The summed E-state index contributed by atoms with van der Waals surface area (Å²) in [5, 5.41) is 23.4. The zero-order valence-corrected chi connectivity index (χ0v) is 17.9. The van der Waals surface area contributed by atoms with Crippen LogP contribution in [0.3, 0.4) is 0 Å². The van der Waals surface area contributed by atoms with Crippen molar-refractivity contribution in [1.29, 1.82) is 0 Å². The first kappa shape index (κ1) is 21.6. The molecular formula is C24H26N2O4S. The molecule has 4 rings (SSSR count). The van der Waals surface area contributed by atoms with Crippen LogP contribution in [0.4, 0.5) is 0 Å². The summed E-state index contributed by atoms with van der Waals surface area (Å²) in [6.45, 7) is 1.11. The van der Waals surface area contributed by atoms with Gasteiger partial charge in [0.15, 0.2) is 12.2 Å². The lowest BCUT2D eigenvalue weighted by Crippen LogP contribution is -2.50. The number of carbonyl (C=O) groups is 2. The molecule has 2 heterocycles. The molecular weight excluding hydrogens is 412 g/mol. The molecule has 3 atom stereocenters. The Kier molecular flexibility index (Phi) is 6.75. The number of fused-ring (bicyclic) bond motifs is 1. The number of allylic oxidation sites excluding steroid dienone is 2. The predicted octanol–water partition coefficient (Wildman–Crippen LogP) is 2.00. The molecule has 0 aromatic heterocycles. The van der Waals surface area contributed by atoms with Crippen molar-refractivity contribution in [3.63, 3.8) is 0 Å². The van der Waals surface area contributed by atoms with Gasteiger partial charge < -0.3 is 20.4 Å². The Balaban J connectivity index is 1.22. The van der Waals surface area contributed by atoms with Gasteiger partial charge in [-0.15, -0.1) is 11.8 Å². The van der Waals surface area contributed by atoms with Crippen molar-refractivity contribution in [1.82, 2.24) is 10.2 Å². The first-order chi connectivity index (χ1) is 15.0. The number of amides is 2. The SMILES string of the molecule is O=C(NCC1CC=C(Cc2ccccc2)S1)[C@H](O)[C@@H](O)C(=O)N1Cc2ccccc2C1. The smallest absolute Gasteiger partial charge is 0.255 e. The van der Waals surface area contributed by atoms with Crippen molar-refractivity contribution in [2.75, 3.05) is 6.54 Å². The Morgan fingerprint density at radius 1 is 1.00 bits per heavy atom. The highest BCUT2D eigenvalue weighted by Gasteiger charge is 2.35. The summed E-state index contributed by atoms with van der Waals surface area (Å²) in [6, 6.07) is 17.8. The monoisotopic (exact) mass is 438 g/mol. The fourth-order valence-electron chi connectivity index (χ4n) is 3.88. The first-order valence-electron chi connectivity index (χ1n) is 10.4. The van der Waals surface area contributed by atoms with Crippen LogP contribution in [0.25, 0.3) is 0 Å². The van der Waals surface area contributed by atoms with Gasteiger partial charge in [0, 0.05) is 31.3 Å². The van der Waals surface area contributed by atoms with Crippen molar-refractivity contribution >= 4 is 23.6 Å². The van der Waals surface area contributed by atoms with Crippen molar-refractivity contribution in [3.05, 3.63) is 82.3 Å². The molecule has 2 amide bonds. The fraction of sp³-hybridized carbons (Fsp3) is 0.333. The number of benzene rings is 2. The summed E-state index contributed by atoms with van der Waals surface area (Å²) in [4.78, 5) is 27.6. The molecule has 2 aromatic rings. The number of carbonyl (C=O) groups excluding carboxylic acids is 2. The Morgan fingerprint density at radius 2 is 1.65 bits per heavy atom. The maximum Gasteiger partial charge on any atom is 0.255 e. The number of hydrogen-bond acceptors (Lipinski definition) is 5.